The van der Waals surface area contributed by atoms with Crippen molar-refractivity contribution in [2.45, 2.75) is 12.7 Å². The summed E-state index contributed by atoms with van der Waals surface area (Å²) < 4.78 is 44.8. The van der Waals surface area contributed by atoms with Gasteiger partial charge in [0.05, 0.1) is 11.8 Å². The number of hydrogen-bond donors (Lipinski definition) is 2. The number of rotatable bonds is 5. The Morgan fingerprint density at radius 3 is 2.85 bits per heavy atom. The molecule has 0 saturated heterocycles. The van der Waals surface area contributed by atoms with Gasteiger partial charge in [-0.2, -0.15) is 18.3 Å². The van der Waals surface area contributed by atoms with E-state index in [9.17, 15) is 18.0 Å². The van der Waals surface area contributed by atoms with Crippen LogP contribution < -0.4 is 11.2 Å². The molecular formula is C15H12F3N7O2. The van der Waals surface area contributed by atoms with Gasteiger partial charge in [-0.3, -0.25) is 4.79 Å². The zero-order valence-electron chi connectivity index (χ0n) is 13.5. The Morgan fingerprint density at radius 1 is 1.33 bits per heavy atom. The molecule has 27 heavy (non-hydrogen) atoms. The first kappa shape index (κ1) is 18.1. The van der Waals surface area contributed by atoms with Gasteiger partial charge in [0.15, 0.2) is 0 Å². The van der Waals surface area contributed by atoms with Gasteiger partial charge in [0.2, 0.25) is 5.95 Å². The molecule has 140 valence electrons. The van der Waals surface area contributed by atoms with Crippen LogP contribution in [0.15, 0.2) is 45.9 Å². The number of aromatic nitrogens is 4. The smallest absolute Gasteiger partial charge is 0.416 e. The van der Waals surface area contributed by atoms with Crippen molar-refractivity contribution in [2.75, 3.05) is 5.73 Å². The van der Waals surface area contributed by atoms with E-state index in [4.69, 9.17) is 10.2 Å². The van der Waals surface area contributed by atoms with E-state index >= 15 is 0 Å². The van der Waals surface area contributed by atoms with E-state index in [2.05, 4.69) is 26.1 Å². The van der Waals surface area contributed by atoms with Gasteiger partial charge < -0.3 is 10.2 Å². The molecule has 1 amide bonds. The van der Waals surface area contributed by atoms with Crippen LogP contribution in [0.25, 0.3) is 11.3 Å². The first-order valence-corrected chi connectivity index (χ1v) is 7.44. The Kier molecular flexibility index (Phi) is 4.88. The Hall–Kier alpha value is -3.70. The molecule has 0 bridgehead atoms. The van der Waals surface area contributed by atoms with Crippen LogP contribution in [0.1, 0.15) is 11.3 Å². The highest BCUT2D eigenvalue weighted by molar-refractivity contribution is 5.81. The number of nitrogens with one attached hydrogen (secondary N) is 1. The molecule has 12 heteroatoms. The maximum atomic E-state index is 12.8. The van der Waals surface area contributed by atoms with Crippen molar-refractivity contribution in [2.24, 2.45) is 5.10 Å². The highest BCUT2D eigenvalue weighted by Gasteiger charge is 2.30. The second-order valence-electron chi connectivity index (χ2n) is 5.27. The Balaban J connectivity index is 1.63. The van der Waals surface area contributed by atoms with Gasteiger partial charge in [-0.1, -0.05) is 17.2 Å². The summed E-state index contributed by atoms with van der Waals surface area (Å²) in [5, 5.41) is 13.9. The number of carbonyl (C=O) groups is 1. The van der Waals surface area contributed by atoms with Crippen molar-refractivity contribution in [3.63, 3.8) is 0 Å². The minimum atomic E-state index is -4.44. The fraction of sp³-hybridized carbons (Fsp3) is 0.133. The number of nitrogen functional groups attached to an aromatic ring is 1. The number of tetrazole rings is 1. The third-order valence-corrected chi connectivity index (χ3v) is 3.34. The first-order chi connectivity index (χ1) is 12.8. The number of carbonyl (C=O) groups excluding carboxylic acids is 1. The summed E-state index contributed by atoms with van der Waals surface area (Å²) in [5.74, 6) is -0.0826. The molecule has 2 heterocycles. The lowest BCUT2D eigenvalue weighted by Gasteiger charge is -2.07. The van der Waals surface area contributed by atoms with Crippen molar-refractivity contribution in [1.82, 2.24) is 25.6 Å². The highest BCUT2D eigenvalue weighted by Crippen LogP contribution is 2.32. The summed E-state index contributed by atoms with van der Waals surface area (Å²) in [4.78, 5) is 11.7. The number of furan rings is 1. The fourth-order valence-electron chi connectivity index (χ4n) is 2.09. The molecule has 3 N–H and O–H groups in total. The highest BCUT2D eigenvalue weighted by atomic mass is 19.4. The number of halogens is 3. The molecule has 0 unspecified atom stereocenters. The van der Waals surface area contributed by atoms with E-state index in [1.54, 1.807) is 0 Å². The van der Waals surface area contributed by atoms with Crippen LogP contribution in [0, 0.1) is 0 Å². The van der Waals surface area contributed by atoms with Crippen LogP contribution in [-0.4, -0.2) is 32.3 Å². The van der Waals surface area contributed by atoms with E-state index in [1.807, 2.05) is 0 Å². The Bertz CT molecular complexity index is 978. The topological polar surface area (TPSA) is 124 Å². The van der Waals surface area contributed by atoms with Gasteiger partial charge in [-0.25, -0.2) is 10.1 Å². The lowest BCUT2D eigenvalue weighted by molar-refractivity contribution is -0.137. The monoisotopic (exact) mass is 379 g/mol. The maximum Gasteiger partial charge on any atom is 0.416 e. The SMILES string of the molecule is Nc1nnnn1CC(=O)N/N=C/c1ccc(-c2cccc(C(F)(F)F)c2)o1. The van der Waals surface area contributed by atoms with Crippen molar-refractivity contribution >= 4 is 18.1 Å². The molecule has 3 rings (SSSR count). The molecule has 0 radical (unpaired) electrons. The predicted molar refractivity (Wildman–Crippen MR) is 87.1 cm³/mol. The van der Waals surface area contributed by atoms with E-state index in [-0.39, 0.29) is 29.6 Å². The molecule has 0 aliphatic rings. The largest absolute Gasteiger partial charge is 0.455 e. The van der Waals surface area contributed by atoms with Gasteiger partial charge in [-0.05, 0) is 34.7 Å². The molecule has 0 aliphatic carbocycles. The summed E-state index contributed by atoms with van der Waals surface area (Å²) in [5.41, 5.74) is 7.14. The maximum absolute atomic E-state index is 12.8. The van der Waals surface area contributed by atoms with Gasteiger partial charge in [0.1, 0.15) is 18.1 Å². The molecular weight excluding hydrogens is 367 g/mol. The standard InChI is InChI=1S/C15H12F3N7O2/c16-15(17,18)10-3-1-2-9(6-10)12-5-4-11(27-12)7-20-21-13(26)8-25-14(19)22-23-24-25/h1-7H,8H2,(H,21,26)(H2,19,22,24)/b20-7+. The fourth-order valence-corrected chi connectivity index (χ4v) is 2.09. The quantitative estimate of drug-likeness (QED) is 0.513. The van der Waals surface area contributed by atoms with E-state index in [1.165, 1.54) is 30.5 Å². The van der Waals surface area contributed by atoms with Crippen LogP contribution in [-0.2, 0) is 17.5 Å². The third-order valence-electron chi connectivity index (χ3n) is 3.34. The van der Waals surface area contributed by atoms with Gasteiger partial charge in [0.25, 0.3) is 5.91 Å². The third kappa shape index (κ3) is 4.48. The van der Waals surface area contributed by atoms with Crippen LogP contribution in [0.5, 0.6) is 0 Å². The molecule has 1 aromatic carbocycles. The summed E-state index contributed by atoms with van der Waals surface area (Å²) in [6.07, 6.45) is -3.24. The number of benzene rings is 1. The molecule has 0 aliphatic heterocycles. The summed E-state index contributed by atoms with van der Waals surface area (Å²) >= 11 is 0. The molecule has 0 fully saturated rings. The molecule has 0 saturated carbocycles. The average molecular weight is 379 g/mol. The summed E-state index contributed by atoms with van der Waals surface area (Å²) in [6.45, 7) is -0.232. The second kappa shape index (κ2) is 7.27. The van der Waals surface area contributed by atoms with Crippen molar-refractivity contribution in [1.29, 1.82) is 0 Å². The summed E-state index contributed by atoms with van der Waals surface area (Å²) in [6, 6.07) is 7.75. The Labute approximate surface area is 149 Å². The summed E-state index contributed by atoms with van der Waals surface area (Å²) in [7, 11) is 0. The number of hydrogen-bond acceptors (Lipinski definition) is 7. The number of nitrogens with two attached hydrogens (primary N) is 1. The molecule has 0 atom stereocenters. The minimum absolute atomic E-state index is 0.0223. The lowest BCUT2D eigenvalue weighted by Crippen LogP contribution is -2.24. The van der Waals surface area contributed by atoms with Gasteiger partial charge in [-0.15, -0.1) is 0 Å². The van der Waals surface area contributed by atoms with E-state index < -0.39 is 17.6 Å². The van der Waals surface area contributed by atoms with Crippen LogP contribution in [0.2, 0.25) is 0 Å². The van der Waals surface area contributed by atoms with Crippen molar-refractivity contribution < 1.29 is 22.4 Å². The van der Waals surface area contributed by atoms with Crippen LogP contribution in [0.4, 0.5) is 19.1 Å². The minimum Gasteiger partial charge on any atom is -0.455 e. The van der Waals surface area contributed by atoms with Crippen molar-refractivity contribution in [3.8, 4) is 11.3 Å². The van der Waals surface area contributed by atoms with Gasteiger partial charge >= 0.3 is 6.18 Å². The van der Waals surface area contributed by atoms with E-state index in [0.29, 0.717) is 0 Å². The van der Waals surface area contributed by atoms with Gasteiger partial charge in [0, 0.05) is 5.56 Å². The second-order valence-corrected chi connectivity index (χ2v) is 5.27. The number of nitrogens with zero attached hydrogens (tertiary/aromatic N) is 5. The predicted octanol–water partition coefficient (Wildman–Crippen LogP) is 1.68. The molecule has 2 aromatic heterocycles. The Morgan fingerprint density at radius 2 is 2.15 bits per heavy atom. The zero-order chi connectivity index (χ0) is 19.4. The molecule has 3 aromatic rings. The normalized spacial score (nSPS) is 11.8. The zero-order valence-corrected chi connectivity index (χ0v) is 13.5. The van der Waals surface area contributed by atoms with Crippen LogP contribution in [0.3, 0.4) is 0 Å². The van der Waals surface area contributed by atoms with Crippen molar-refractivity contribution in [3.05, 3.63) is 47.7 Å². The average Bonchev–Trinajstić information content (AvgIpc) is 3.24. The number of amides is 1. The first-order valence-electron chi connectivity index (χ1n) is 7.44. The lowest BCUT2D eigenvalue weighted by atomic mass is 10.1. The van der Waals surface area contributed by atoms with E-state index in [0.717, 1.165) is 16.8 Å². The molecule has 9 nitrogen and oxygen atoms in total. The number of anilines is 1. The number of alkyl halides is 3. The molecule has 0 spiro atoms. The van der Waals surface area contributed by atoms with Crippen LogP contribution >= 0.6 is 0 Å². The number of hydrazone groups is 1.